The summed E-state index contributed by atoms with van der Waals surface area (Å²) in [6, 6.07) is 3.51. The predicted molar refractivity (Wildman–Crippen MR) is 69.1 cm³/mol. The molecule has 1 aromatic rings. The van der Waals surface area contributed by atoms with Crippen molar-refractivity contribution in [2.24, 2.45) is 0 Å². The lowest BCUT2D eigenvalue weighted by atomic mass is 10.2. The number of carboxylic acids is 1. The molecule has 2 N–H and O–H groups in total. The Balaban J connectivity index is 1.98. The van der Waals surface area contributed by atoms with E-state index in [1.165, 1.54) is 6.92 Å². The average molecular weight is 280 g/mol. The predicted octanol–water partition coefficient (Wildman–Crippen LogP) is -0.597. The zero-order valence-electron chi connectivity index (χ0n) is 11.1. The Bertz CT molecular complexity index is 491. The van der Waals surface area contributed by atoms with Gasteiger partial charge in [-0.3, -0.25) is 4.79 Å². The summed E-state index contributed by atoms with van der Waals surface area (Å²) in [7, 11) is 0. The third kappa shape index (κ3) is 3.64. The van der Waals surface area contributed by atoms with Crippen molar-refractivity contribution in [1.82, 2.24) is 15.5 Å². The van der Waals surface area contributed by atoms with Crippen LogP contribution in [0.4, 0.5) is 5.82 Å². The Morgan fingerprint density at radius 3 is 2.90 bits per heavy atom. The lowest BCUT2D eigenvalue weighted by molar-refractivity contribution is -0.150. The highest BCUT2D eigenvalue weighted by Gasteiger charge is 2.27. The number of carbonyl (C=O) groups is 2. The fourth-order valence-electron chi connectivity index (χ4n) is 1.84. The second-order valence-corrected chi connectivity index (χ2v) is 4.44. The SMILES string of the molecule is CC(=O)NCc1ccc(N2CCOC(C(=O)O)C2)nn1. The summed E-state index contributed by atoms with van der Waals surface area (Å²) >= 11 is 0. The van der Waals surface area contributed by atoms with Crippen LogP contribution in [0.25, 0.3) is 0 Å². The van der Waals surface area contributed by atoms with Gasteiger partial charge in [0.1, 0.15) is 0 Å². The van der Waals surface area contributed by atoms with E-state index in [0.717, 1.165) is 0 Å². The molecule has 2 rings (SSSR count). The molecule has 0 aromatic carbocycles. The number of hydrogen-bond donors (Lipinski definition) is 2. The Morgan fingerprint density at radius 1 is 1.50 bits per heavy atom. The van der Waals surface area contributed by atoms with Crippen LogP contribution in [0.1, 0.15) is 12.6 Å². The number of nitrogens with one attached hydrogen (secondary N) is 1. The summed E-state index contributed by atoms with van der Waals surface area (Å²) in [5, 5.41) is 19.6. The largest absolute Gasteiger partial charge is 0.479 e. The van der Waals surface area contributed by atoms with E-state index in [2.05, 4.69) is 15.5 Å². The fourth-order valence-corrected chi connectivity index (χ4v) is 1.84. The van der Waals surface area contributed by atoms with Crippen molar-refractivity contribution in [3.8, 4) is 0 Å². The minimum Gasteiger partial charge on any atom is -0.479 e. The van der Waals surface area contributed by atoms with Crippen LogP contribution < -0.4 is 10.2 Å². The number of rotatable bonds is 4. The summed E-state index contributed by atoms with van der Waals surface area (Å²) in [6.45, 7) is 2.91. The first-order valence-corrected chi connectivity index (χ1v) is 6.22. The molecule has 1 fully saturated rings. The molecule has 0 saturated carbocycles. The standard InChI is InChI=1S/C12H16N4O4/c1-8(17)13-6-9-2-3-11(15-14-9)16-4-5-20-10(7-16)12(18)19/h2-3,10H,4-7H2,1H3,(H,13,17)(H,18,19). The van der Waals surface area contributed by atoms with Gasteiger partial charge in [-0.15, -0.1) is 5.10 Å². The molecule has 0 spiro atoms. The van der Waals surface area contributed by atoms with E-state index in [0.29, 0.717) is 31.2 Å². The third-order valence-corrected chi connectivity index (χ3v) is 2.89. The molecule has 1 unspecified atom stereocenters. The van der Waals surface area contributed by atoms with Crippen molar-refractivity contribution in [2.45, 2.75) is 19.6 Å². The van der Waals surface area contributed by atoms with E-state index in [9.17, 15) is 9.59 Å². The van der Waals surface area contributed by atoms with Gasteiger partial charge in [0.15, 0.2) is 11.9 Å². The molecule has 0 radical (unpaired) electrons. The van der Waals surface area contributed by atoms with Crippen LogP contribution in [0.15, 0.2) is 12.1 Å². The van der Waals surface area contributed by atoms with Crippen molar-refractivity contribution in [3.05, 3.63) is 17.8 Å². The Kier molecular flexibility index (Phi) is 4.46. The van der Waals surface area contributed by atoms with Gasteiger partial charge in [0, 0.05) is 13.5 Å². The monoisotopic (exact) mass is 280 g/mol. The number of hydrogen-bond acceptors (Lipinski definition) is 6. The quantitative estimate of drug-likeness (QED) is 0.759. The molecule has 20 heavy (non-hydrogen) atoms. The number of amides is 1. The molecule has 8 heteroatoms. The molecule has 1 aliphatic rings. The summed E-state index contributed by atoms with van der Waals surface area (Å²) in [6.07, 6.45) is -0.843. The van der Waals surface area contributed by atoms with Crippen molar-refractivity contribution < 1.29 is 19.4 Å². The number of aromatic nitrogens is 2. The number of carboxylic acid groups (broad SMARTS) is 1. The average Bonchev–Trinajstić information content (AvgIpc) is 2.46. The molecule has 1 saturated heterocycles. The maximum Gasteiger partial charge on any atom is 0.334 e. The normalized spacial score (nSPS) is 18.6. The highest BCUT2D eigenvalue weighted by Crippen LogP contribution is 2.14. The number of carbonyl (C=O) groups excluding carboxylic acids is 1. The minimum atomic E-state index is -0.982. The molecule has 108 valence electrons. The van der Waals surface area contributed by atoms with E-state index in [1.807, 2.05) is 4.90 Å². The molecular formula is C12H16N4O4. The van der Waals surface area contributed by atoms with Crippen molar-refractivity contribution in [1.29, 1.82) is 0 Å². The smallest absolute Gasteiger partial charge is 0.334 e. The highest BCUT2D eigenvalue weighted by molar-refractivity contribution is 5.73. The molecule has 2 heterocycles. The maximum absolute atomic E-state index is 10.9. The van der Waals surface area contributed by atoms with Crippen LogP contribution in [0.2, 0.25) is 0 Å². The lowest BCUT2D eigenvalue weighted by Crippen LogP contribution is -2.46. The topological polar surface area (TPSA) is 105 Å². The maximum atomic E-state index is 10.9. The zero-order chi connectivity index (χ0) is 14.5. The van der Waals surface area contributed by atoms with E-state index >= 15 is 0 Å². The second kappa shape index (κ2) is 6.29. The second-order valence-electron chi connectivity index (χ2n) is 4.44. The third-order valence-electron chi connectivity index (χ3n) is 2.89. The zero-order valence-corrected chi connectivity index (χ0v) is 11.1. The molecule has 8 nitrogen and oxygen atoms in total. The Hall–Kier alpha value is -2.22. The van der Waals surface area contributed by atoms with Crippen LogP contribution in [0.3, 0.4) is 0 Å². The number of aliphatic carboxylic acids is 1. The fraction of sp³-hybridized carbons (Fsp3) is 0.500. The molecule has 1 atom stereocenters. The summed E-state index contributed by atoms with van der Waals surface area (Å²) < 4.78 is 5.14. The Morgan fingerprint density at radius 2 is 2.30 bits per heavy atom. The number of ether oxygens (including phenoxy) is 1. The first-order chi connectivity index (χ1) is 9.56. The van der Waals surface area contributed by atoms with Crippen molar-refractivity contribution in [3.63, 3.8) is 0 Å². The van der Waals surface area contributed by atoms with Gasteiger partial charge in [-0.2, -0.15) is 5.10 Å². The highest BCUT2D eigenvalue weighted by atomic mass is 16.5. The van der Waals surface area contributed by atoms with Crippen molar-refractivity contribution in [2.75, 3.05) is 24.6 Å². The van der Waals surface area contributed by atoms with Crippen LogP contribution >= 0.6 is 0 Å². The van der Waals surface area contributed by atoms with Crippen LogP contribution in [0, 0.1) is 0 Å². The van der Waals surface area contributed by atoms with Gasteiger partial charge in [0.05, 0.1) is 25.4 Å². The molecule has 1 amide bonds. The molecule has 0 bridgehead atoms. The summed E-state index contributed by atoms with van der Waals surface area (Å²) in [4.78, 5) is 23.5. The van der Waals surface area contributed by atoms with Gasteiger partial charge in [-0.05, 0) is 12.1 Å². The number of nitrogens with zero attached hydrogens (tertiary/aromatic N) is 3. The molecule has 1 aromatic heterocycles. The summed E-state index contributed by atoms with van der Waals surface area (Å²) in [5.74, 6) is -0.510. The summed E-state index contributed by atoms with van der Waals surface area (Å²) in [5.41, 5.74) is 0.645. The Labute approximate surface area is 115 Å². The van der Waals surface area contributed by atoms with Crippen molar-refractivity contribution >= 4 is 17.7 Å². The first-order valence-electron chi connectivity index (χ1n) is 6.22. The van der Waals surface area contributed by atoms with Gasteiger partial charge < -0.3 is 20.1 Å². The number of morpholine rings is 1. The van der Waals surface area contributed by atoms with Gasteiger partial charge in [-0.1, -0.05) is 0 Å². The van der Waals surface area contributed by atoms with E-state index < -0.39 is 12.1 Å². The lowest BCUT2D eigenvalue weighted by Gasteiger charge is -2.31. The van der Waals surface area contributed by atoms with E-state index in [-0.39, 0.29) is 12.5 Å². The molecular weight excluding hydrogens is 264 g/mol. The van der Waals surface area contributed by atoms with Crippen LogP contribution in [0.5, 0.6) is 0 Å². The number of anilines is 1. The molecule has 0 aliphatic carbocycles. The minimum absolute atomic E-state index is 0.131. The van der Waals surface area contributed by atoms with Gasteiger partial charge in [0.25, 0.3) is 0 Å². The van der Waals surface area contributed by atoms with E-state index in [1.54, 1.807) is 12.1 Å². The van der Waals surface area contributed by atoms with Gasteiger partial charge in [0.2, 0.25) is 5.91 Å². The molecule has 1 aliphatic heterocycles. The van der Waals surface area contributed by atoms with Gasteiger partial charge >= 0.3 is 5.97 Å². The van der Waals surface area contributed by atoms with Crippen LogP contribution in [-0.2, 0) is 20.9 Å². The van der Waals surface area contributed by atoms with Gasteiger partial charge in [-0.25, -0.2) is 4.79 Å². The first kappa shape index (κ1) is 14.2. The van der Waals surface area contributed by atoms with Crippen LogP contribution in [-0.4, -0.2) is 53.0 Å². The van der Waals surface area contributed by atoms with E-state index in [4.69, 9.17) is 9.84 Å².